The summed E-state index contributed by atoms with van der Waals surface area (Å²) >= 11 is 15.5. The maximum Gasteiger partial charge on any atom is 0.124 e. The van der Waals surface area contributed by atoms with Crippen LogP contribution >= 0.6 is 39.1 Å². The maximum absolute atomic E-state index is 13.5. The van der Waals surface area contributed by atoms with E-state index in [9.17, 15) is 4.39 Å². The van der Waals surface area contributed by atoms with Gasteiger partial charge >= 0.3 is 0 Å². The highest BCUT2D eigenvalue weighted by atomic mass is 79.9. The van der Waals surface area contributed by atoms with Crippen LogP contribution in [-0.4, -0.2) is 7.05 Å². The van der Waals surface area contributed by atoms with E-state index < -0.39 is 0 Å². The van der Waals surface area contributed by atoms with E-state index in [0.29, 0.717) is 14.5 Å². The maximum atomic E-state index is 13.5. The Morgan fingerprint density at radius 3 is 2.58 bits per heavy atom. The molecule has 2 aromatic carbocycles. The first-order valence-electron chi connectivity index (χ1n) is 5.60. The van der Waals surface area contributed by atoms with Gasteiger partial charge in [0.25, 0.3) is 0 Å². The zero-order valence-electron chi connectivity index (χ0n) is 10.1. The molecule has 0 saturated carbocycles. The number of halogens is 4. The van der Waals surface area contributed by atoms with Gasteiger partial charge in [0.15, 0.2) is 0 Å². The first-order chi connectivity index (χ1) is 9.02. The average molecular weight is 363 g/mol. The molecule has 0 aromatic heterocycles. The summed E-state index contributed by atoms with van der Waals surface area (Å²) in [5.74, 6) is -0.303. The van der Waals surface area contributed by atoms with Crippen molar-refractivity contribution in [1.82, 2.24) is 5.32 Å². The Hall–Kier alpha value is -0.610. The number of benzene rings is 2. The van der Waals surface area contributed by atoms with Gasteiger partial charge in [0, 0.05) is 4.47 Å². The molecule has 0 bridgehead atoms. The van der Waals surface area contributed by atoms with E-state index >= 15 is 0 Å². The minimum atomic E-state index is -0.303. The Bertz CT molecular complexity index is 584. The van der Waals surface area contributed by atoms with Crippen LogP contribution in [0.25, 0.3) is 0 Å². The van der Waals surface area contributed by atoms with Crippen molar-refractivity contribution in [1.29, 1.82) is 0 Å². The predicted octanol–water partition coefficient (Wildman–Crippen LogP) is 5.20. The lowest BCUT2D eigenvalue weighted by molar-refractivity contribution is 0.615. The molecule has 0 radical (unpaired) electrons. The van der Waals surface area contributed by atoms with E-state index in [-0.39, 0.29) is 11.9 Å². The predicted molar refractivity (Wildman–Crippen MR) is 81.5 cm³/mol. The SMILES string of the molecule is CNC(c1cc(F)cc(Br)c1)c1cccc(Cl)c1Cl. The standard InChI is InChI=1S/C14H11BrCl2FN/c1-19-14(8-5-9(15)7-10(18)6-8)11-3-2-4-12(16)13(11)17/h2-7,14,19H,1H3. The molecule has 1 unspecified atom stereocenters. The highest BCUT2D eigenvalue weighted by molar-refractivity contribution is 9.10. The molecule has 5 heteroatoms. The minimum absolute atomic E-state index is 0.224. The summed E-state index contributed by atoms with van der Waals surface area (Å²) in [5, 5.41) is 4.08. The fourth-order valence-corrected chi connectivity index (χ4v) is 2.89. The van der Waals surface area contributed by atoms with Gasteiger partial charge in [-0.3, -0.25) is 0 Å². The van der Waals surface area contributed by atoms with Crippen molar-refractivity contribution in [3.8, 4) is 0 Å². The van der Waals surface area contributed by atoms with Crippen molar-refractivity contribution >= 4 is 39.1 Å². The second-order valence-electron chi connectivity index (χ2n) is 4.07. The number of hydrogen-bond acceptors (Lipinski definition) is 1. The van der Waals surface area contributed by atoms with E-state index in [1.54, 1.807) is 13.1 Å². The van der Waals surface area contributed by atoms with Gasteiger partial charge in [-0.05, 0) is 42.4 Å². The van der Waals surface area contributed by atoms with Crippen LogP contribution in [0.15, 0.2) is 40.9 Å². The smallest absolute Gasteiger partial charge is 0.124 e. The van der Waals surface area contributed by atoms with Crippen molar-refractivity contribution < 1.29 is 4.39 Å². The molecule has 2 aromatic rings. The molecule has 0 heterocycles. The molecule has 1 atom stereocenters. The molecule has 0 saturated heterocycles. The van der Waals surface area contributed by atoms with Gasteiger partial charge < -0.3 is 5.32 Å². The zero-order valence-corrected chi connectivity index (χ0v) is 13.2. The lowest BCUT2D eigenvalue weighted by atomic mass is 9.99. The largest absolute Gasteiger partial charge is 0.309 e. The molecule has 0 fully saturated rings. The van der Waals surface area contributed by atoms with Crippen molar-refractivity contribution in [2.24, 2.45) is 0 Å². The van der Waals surface area contributed by atoms with Crippen LogP contribution in [-0.2, 0) is 0 Å². The summed E-state index contributed by atoms with van der Waals surface area (Å²) in [5.41, 5.74) is 1.59. The molecular weight excluding hydrogens is 352 g/mol. The third-order valence-electron chi connectivity index (χ3n) is 2.80. The third kappa shape index (κ3) is 3.29. The summed E-state index contributed by atoms with van der Waals surface area (Å²) in [6, 6.07) is 9.93. The normalized spacial score (nSPS) is 12.5. The van der Waals surface area contributed by atoms with E-state index in [1.165, 1.54) is 12.1 Å². The number of nitrogens with one attached hydrogen (secondary N) is 1. The molecule has 1 nitrogen and oxygen atoms in total. The Balaban J connectivity index is 2.53. The molecule has 0 aliphatic heterocycles. The van der Waals surface area contributed by atoms with Gasteiger partial charge in [0.05, 0.1) is 16.1 Å². The van der Waals surface area contributed by atoms with Crippen molar-refractivity contribution in [2.75, 3.05) is 7.05 Å². The summed E-state index contributed by atoms with van der Waals surface area (Å²) in [7, 11) is 1.79. The molecule has 0 spiro atoms. The highest BCUT2D eigenvalue weighted by Gasteiger charge is 2.17. The fourth-order valence-electron chi connectivity index (χ4n) is 1.99. The Labute approximate surface area is 129 Å². The van der Waals surface area contributed by atoms with Crippen LogP contribution in [0.5, 0.6) is 0 Å². The van der Waals surface area contributed by atoms with Gasteiger partial charge in [-0.2, -0.15) is 0 Å². The van der Waals surface area contributed by atoms with E-state index in [0.717, 1.165) is 11.1 Å². The fraction of sp³-hybridized carbons (Fsp3) is 0.143. The van der Waals surface area contributed by atoms with Gasteiger partial charge in [-0.25, -0.2) is 4.39 Å². The van der Waals surface area contributed by atoms with Gasteiger partial charge in [-0.1, -0.05) is 51.3 Å². The topological polar surface area (TPSA) is 12.0 Å². The first-order valence-corrected chi connectivity index (χ1v) is 7.15. The number of rotatable bonds is 3. The van der Waals surface area contributed by atoms with E-state index in [4.69, 9.17) is 23.2 Å². The van der Waals surface area contributed by atoms with Crippen LogP contribution in [0.4, 0.5) is 4.39 Å². The Kier molecular flexibility index (Phi) is 4.85. The first kappa shape index (κ1) is 14.8. The Morgan fingerprint density at radius 2 is 1.95 bits per heavy atom. The van der Waals surface area contributed by atoms with E-state index in [2.05, 4.69) is 21.2 Å². The number of hydrogen-bond donors (Lipinski definition) is 1. The molecule has 1 N–H and O–H groups in total. The summed E-state index contributed by atoms with van der Waals surface area (Å²) in [6.45, 7) is 0. The van der Waals surface area contributed by atoms with E-state index in [1.807, 2.05) is 18.2 Å². The second kappa shape index (κ2) is 6.23. The molecular formula is C14H11BrCl2FN. The van der Waals surface area contributed by atoms with Gasteiger partial charge in [0.1, 0.15) is 5.82 Å². The van der Waals surface area contributed by atoms with Crippen molar-refractivity contribution in [3.63, 3.8) is 0 Å². The van der Waals surface area contributed by atoms with Crippen LogP contribution in [0.2, 0.25) is 10.0 Å². The van der Waals surface area contributed by atoms with Crippen molar-refractivity contribution in [3.05, 3.63) is 67.9 Å². The van der Waals surface area contributed by atoms with Crippen molar-refractivity contribution in [2.45, 2.75) is 6.04 Å². The van der Waals surface area contributed by atoms with Gasteiger partial charge in [0.2, 0.25) is 0 Å². The van der Waals surface area contributed by atoms with Crippen LogP contribution in [0.1, 0.15) is 17.2 Å². The molecule has 19 heavy (non-hydrogen) atoms. The Morgan fingerprint density at radius 1 is 1.21 bits per heavy atom. The summed E-state index contributed by atoms with van der Waals surface area (Å²) in [6.07, 6.45) is 0. The zero-order chi connectivity index (χ0) is 14.0. The van der Waals surface area contributed by atoms with Gasteiger partial charge in [-0.15, -0.1) is 0 Å². The average Bonchev–Trinajstić information content (AvgIpc) is 2.34. The third-order valence-corrected chi connectivity index (χ3v) is 4.09. The molecule has 0 aliphatic rings. The summed E-state index contributed by atoms with van der Waals surface area (Å²) in [4.78, 5) is 0. The lowest BCUT2D eigenvalue weighted by Crippen LogP contribution is -2.18. The monoisotopic (exact) mass is 361 g/mol. The highest BCUT2D eigenvalue weighted by Crippen LogP contribution is 2.34. The summed E-state index contributed by atoms with van der Waals surface area (Å²) < 4.78 is 14.2. The minimum Gasteiger partial charge on any atom is -0.309 e. The molecule has 0 aliphatic carbocycles. The van der Waals surface area contributed by atoms with Crippen LogP contribution in [0, 0.1) is 5.82 Å². The quantitative estimate of drug-likeness (QED) is 0.790. The van der Waals surface area contributed by atoms with Crippen LogP contribution < -0.4 is 5.32 Å². The lowest BCUT2D eigenvalue weighted by Gasteiger charge is -2.19. The van der Waals surface area contributed by atoms with Crippen LogP contribution in [0.3, 0.4) is 0 Å². The molecule has 0 amide bonds. The molecule has 2 rings (SSSR count). The molecule has 100 valence electrons. The second-order valence-corrected chi connectivity index (χ2v) is 5.77.